The lowest BCUT2D eigenvalue weighted by Gasteiger charge is -2.31. The Morgan fingerprint density at radius 1 is 0.806 bits per heavy atom. The Morgan fingerprint density at radius 3 is 1.55 bits per heavy atom. The molecule has 174 valence electrons. The van der Waals surface area contributed by atoms with Gasteiger partial charge in [0.25, 0.3) is 0 Å². The van der Waals surface area contributed by atoms with Crippen LogP contribution in [0.3, 0.4) is 0 Å². The zero-order valence-corrected chi connectivity index (χ0v) is 20.1. The highest BCUT2D eigenvalue weighted by Gasteiger charge is 2.51. The Labute approximate surface area is 183 Å². The van der Waals surface area contributed by atoms with Crippen molar-refractivity contribution < 1.29 is 27.2 Å². The lowest BCUT2D eigenvalue weighted by atomic mass is 10.5. The molecule has 2 aromatic rings. The van der Waals surface area contributed by atoms with E-state index in [1.807, 2.05) is 12.1 Å². The Bertz CT molecular complexity index is 779. The first-order chi connectivity index (χ1) is 14.8. The Morgan fingerprint density at radius 2 is 1.26 bits per heavy atom. The standard InChI is InChI=1S/C14H26N2O6P2.C5H6N2/c1-5-19-23(17,20-6-2)14(16-13-11-9-10-12-15-13)24(18,21-7-3)22-8-4;6-5-3-1-2-4-7-5/h9-12,14H,5-8H2,1-4H3,(H,15,16);1-4H,(H2,6,7). The van der Waals surface area contributed by atoms with E-state index in [0.29, 0.717) is 11.6 Å². The van der Waals surface area contributed by atoms with Crippen LogP contribution in [0.25, 0.3) is 0 Å². The predicted octanol–water partition coefficient (Wildman–Crippen LogP) is 4.97. The second kappa shape index (κ2) is 14.3. The van der Waals surface area contributed by atoms with Gasteiger partial charge in [0.2, 0.25) is 5.52 Å². The van der Waals surface area contributed by atoms with E-state index in [1.165, 1.54) is 0 Å². The van der Waals surface area contributed by atoms with Gasteiger partial charge in [0, 0.05) is 12.4 Å². The van der Waals surface area contributed by atoms with E-state index in [0.717, 1.165) is 0 Å². The number of rotatable bonds is 12. The number of nitrogens with two attached hydrogens (primary N) is 1. The highest BCUT2D eigenvalue weighted by atomic mass is 31.2. The Balaban J connectivity index is 0.000000577. The molecule has 0 fully saturated rings. The predicted molar refractivity (Wildman–Crippen MR) is 122 cm³/mol. The fourth-order valence-electron chi connectivity index (χ4n) is 2.36. The van der Waals surface area contributed by atoms with Crippen molar-refractivity contribution in [2.45, 2.75) is 33.2 Å². The monoisotopic (exact) mass is 474 g/mol. The number of anilines is 2. The molecule has 0 aromatic carbocycles. The highest BCUT2D eigenvalue weighted by molar-refractivity contribution is 7.72. The smallest absolute Gasteiger partial charge is 0.365 e. The average Bonchev–Trinajstić information content (AvgIpc) is 2.74. The molecule has 0 radical (unpaired) electrons. The molecule has 2 heterocycles. The van der Waals surface area contributed by atoms with Crippen molar-refractivity contribution in [1.29, 1.82) is 0 Å². The number of nitrogen functional groups attached to an aromatic ring is 1. The second-order valence-corrected chi connectivity index (χ2v) is 10.4. The van der Waals surface area contributed by atoms with Gasteiger partial charge in [0.05, 0.1) is 26.4 Å². The third kappa shape index (κ3) is 9.07. The van der Waals surface area contributed by atoms with Gasteiger partial charge in [-0.05, 0) is 52.0 Å². The minimum atomic E-state index is -3.84. The first-order valence-corrected chi connectivity index (χ1v) is 13.2. The van der Waals surface area contributed by atoms with Crippen molar-refractivity contribution in [3.8, 4) is 0 Å². The lowest BCUT2D eigenvalue weighted by molar-refractivity contribution is 0.198. The fraction of sp³-hybridized carbons (Fsp3) is 0.474. The maximum absolute atomic E-state index is 13.2. The summed E-state index contributed by atoms with van der Waals surface area (Å²) in [5.41, 5.74) is 3.93. The molecule has 31 heavy (non-hydrogen) atoms. The summed E-state index contributed by atoms with van der Waals surface area (Å²) < 4.78 is 47.9. The summed E-state index contributed by atoms with van der Waals surface area (Å²) in [5, 5.41) is 2.86. The average molecular weight is 474 g/mol. The molecule has 0 aliphatic heterocycles. The van der Waals surface area contributed by atoms with E-state index in [2.05, 4.69) is 15.3 Å². The summed E-state index contributed by atoms with van der Waals surface area (Å²) in [7, 11) is -7.68. The quantitative estimate of drug-likeness (QED) is 0.406. The Kier molecular flexibility index (Phi) is 12.6. The van der Waals surface area contributed by atoms with E-state index >= 15 is 0 Å². The van der Waals surface area contributed by atoms with E-state index in [4.69, 9.17) is 23.8 Å². The number of hydrogen-bond acceptors (Lipinski definition) is 10. The van der Waals surface area contributed by atoms with Crippen LogP contribution in [0.15, 0.2) is 48.8 Å². The molecule has 2 aromatic heterocycles. The van der Waals surface area contributed by atoms with Crippen molar-refractivity contribution >= 4 is 26.8 Å². The SMILES string of the molecule is CCOP(=O)(OCC)C(Nc1ccccn1)P(=O)(OCC)OCC.Nc1ccccn1. The van der Waals surface area contributed by atoms with Gasteiger partial charge < -0.3 is 29.1 Å². The van der Waals surface area contributed by atoms with Gasteiger partial charge in [0.1, 0.15) is 11.6 Å². The van der Waals surface area contributed by atoms with Crippen molar-refractivity contribution in [3.63, 3.8) is 0 Å². The highest BCUT2D eigenvalue weighted by Crippen LogP contribution is 2.69. The molecule has 0 bridgehead atoms. The van der Waals surface area contributed by atoms with Crippen molar-refractivity contribution in [2.75, 3.05) is 37.5 Å². The van der Waals surface area contributed by atoms with Crippen molar-refractivity contribution in [2.24, 2.45) is 0 Å². The van der Waals surface area contributed by atoms with Crippen LogP contribution < -0.4 is 11.1 Å². The van der Waals surface area contributed by atoms with E-state index in [9.17, 15) is 9.13 Å². The molecule has 0 amide bonds. The molecular formula is C19H32N4O6P2. The molecule has 0 aliphatic rings. The third-order valence-electron chi connectivity index (χ3n) is 3.46. The summed E-state index contributed by atoms with van der Waals surface area (Å²) in [6, 6.07) is 10.6. The molecule has 0 aliphatic carbocycles. The third-order valence-corrected chi connectivity index (χ3v) is 9.09. The van der Waals surface area contributed by atoms with Gasteiger partial charge in [-0.25, -0.2) is 9.97 Å². The van der Waals surface area contributed by atoms with Gasteiger partial charge in [-0.3, -0.25) is 9.13 Å². The number of hydrogen-bond donors (Lipinski definition) is 2. The number of nitrogens with one attached hydrogen (secondary N) is 1. The summed E-state index contributed by atoms with van der Waals surface area (Å²) in [6.07, 6.45) is 3.22. The molecule has 0 unspecified atom stereocenters. The molecule has 0 spiro atoms. The minimum absolute atomic E-state index is 0.121. The van der Waals surface area contributed by atoms with Gasteiger partial charge in [-0.15, -0.1) is 0 Å². The van der Waals surface area contributed by atoms with Gasteiger partial charge in [-0.1, -0.05) is 12.1 Å². The van der Waals surface area contributed by atoms with Gasteiger partial charge in [0.15, 0.2) is 0 Å². The van der Waals surface area contributed by atoms with E-state index < -0.39 is 20.7 Å². The largest absolute Gasteiger partial charge is 0.384 e. The van der Waals surface area contributed by atoms with E-state index in [-0.39, 0.29) is 26.4 Å². The Hall–Kier alpha value is -1.80. The molecule has 2 rings (SSSR count). The van der Waals surface area contributed by atoms with Crippen LogP contribution in [0.2, 0.25) is 0 Å². The molecule has 0 atom stereocenters. The maximum Gasteiger partial charge on any atom is 0.365 e. The molecule has 12 heteroatoms. The molecule has 10 nitrogen and oxygen atoms in total. The zero-order chi connectivity index (χ0) is 23.2. The summed E-state index contributed by atoms with van der Waals surface area (Å²) in [5.74, 6) is 0.935. The first-order valence-electron chi connectivity index (χ1n) is 9.96. The topological polar surface area (TPSA) is 135 Å². The molecule has 3 N–H and O–H groups in total. The van der Waals surface area contributed by atoms with Crippen LogP contribution in [0.4, 0.5) is 11.6 Å². The number of nitrogens with zero attached hydrogens (tertiary/aromatic N) is 2. The summed E-state index contributed by atoms with van der Waals surface area (Å²) in [6.45, 7) is 7.19. The zero-order valence-electron chi connectivity index (χ0n) is 18.3. The van der Waals surface area contributed by atoms with Crippen molar-refractivity contribution in [3.05, 3.63) is 48.8 Å². The molecule has 0 saturated carbocycles. The van der Waals surface area contributed by atoms with Crippen LogP contribution in [0.1, 0.15) is 27.7 Å². The fourth-order valence-corrected chi connectivity index (χ4v) is 7.28. The normalized spacial score (nSPS) is 11.6. The van der Waals surface area contributed by atoms with E-state index in [1.54, 1.807) is 64.4 Å². The number of aromatic nitrogens is 2. The summed E-state index contributed by atoms with van der Waals surface area (Å²) in [4.78, 5) is 7.87. The lowest BCUT2D eigenvalue weighted by Crippen LogP contribution is -2.25. The second-order valence-electron chi connectivity index (χ2n) is 5.74. The summed E-state index contributed by atoms with van der Waals surface area (Å²) >= 11 is 0. The molecule has 0 saturated heterocycles. The molecular weight excluding hydrogens is 442 g/mol. The minimum Gasteiger partial charge on any atom is -0.384 e. The number of pyridine rings is 2. The van der Waals surface area contributed by atoms with Crippen molar-refractivity contribution in [1.82, 2.24) is 9.97 Å². The van der Waals surface area contributed by atoms with Gasteiger partial charge >= 0.3 is 15.2 Å². The van der Waals surface area contributed by atoms with Crippen LogP contribution in [-0.2, 0) is 27.2 Å². The first kappa shape index (κ1) is 27.2. The van der Waals surface area contributed by atoms with Gasteiger partial charge in [-0.2, -0.15) is 0 Å². The maximum atomic E-state index is 13.2. The van der Waals surface area contributed by atoms with Crippen LogP contribution in [0.5, 0.6) is 0 Å². The van der Waals surface area contributed by atoms with Crippen LogP contribution >= 0.6 is 15.2 Å². The van der Waals surface area contributed by atoms with Crippen LogP contribution in [0, 0.1) is 0 Å². The van der Waals surface area contributed by atoms with Crippen LogP contribution in [-0.4, -0.2) is 41.9 Å².